The minimum Gasteiger partial charge on any atom is -0.353 e. The molecule has 0 bridgehead atoms. The fourth-order valence-corrected chi connectivity index (χ4v) is 2.40. The fourth-order valence-electron chi connectivity index (χ4n) is 2.40. The van der Waals surface area contributed by atoms with Crippen molar-refractivity contribution in [3.63, 3.8) is 0 Å². The van der Waals surface area contributed by atoms with E-state index in [9.17, 15) is 14.0 Å². The van der Waals surface area contributed by atoms with E-state index in [0.29, 0.717) is 11.7 Å². The Morgan fingerprint density at radius 2 is 2.00 bits per heavy atom. The van der Waals surface area contributed by atoms with Gasteiger partial charge in [-0.2, -0.15) is 0 Å². The zero-order valence-corrected chi connectivity index (χ0v) is 11.8. The number of urea groups is 1. The first-order valence-electron chi connectivity index (χ1n) is 7.23. The average molecular weight is 293 g/mol. The Balaban J connectivity index is 1.63. The van der Waals surface area contributed by atoms with Gasteiger partial charge in [0.25, 0.3) is 0 Å². The summed E-state index contributed by atoms with van der Waals surface area (Å²) in [5, 5.41) is 8.03. The van der Waals surface area contributed by atoms with Crippen molar-refractivity contribution in [1.82, 2.24) is 10.6 Å². The van der Waals surface area contributed by atoms with Crippen LogP contribution in [-0.4, -0.2) is 24.5 Å². The maximum atomic E-state index is 12.9. The molecule has 0 aromatic heterocycles. The number of nitrogens with one attached hydrogen (secondary N) is 3. The highest BCUT2D eigenvalue weighted by Crippen LogP contribution is 2.17. The molecule has 3 N–H and O–H groups in total. The Hall–Kier alpha value is -2.11. The van der Waals surface area contributed by atoms with Crippen LogP contribution in [0.3, 0.4) is 0 Å². The Labute approximate surface area is 123 Å². The van der Waals surface area contributed by atoms with Gasteiger partial charge < -0.3 is 16.0 Å². The monoisotopic (exact) mass is 293 g/mol. The van der Waals surface area contributed by atoms with Crippen molar-refractivity contribution in [3.8, 4) is 0 Å². The predicted molar refractivity (Wildman–Crippen MR) is 78.4 cm³/mol. The zero-order valence-electron chi connectivity index (χ0n) is 11.8. The predicted octanol–water partition coefficient (Wildman–Crippen LogP) is 2.40. The van der Waals surface area contributed by atoms with E-state index in [1.54, 1.807) is 6.07 Å². The molecule has 6 heteroatoms. The molecule has 5 nitrogen and oxygen atoms in total. The number of hydrogen-bond acceptors (Lipinski definition) is 2. The van der Waals surface area contributed by atoms with Crippen LogP contribution in [0.5, 0.6) is 0 Å². The van der Waals surface area contributed by atoms with E-state index < -0.39 is 11.8 Å². The molecule has 3 amide bonds. The van der Waals surface area contributed by atoms with E-state index in [1.807, 2.05) is 0 Å². The van der Waals surface area contributed by atoms with Crippen LogP contribution in [-0.2, 0) is 4.79 Å². The van der Waals surface area contributed by atoms with Crippen LogP contribution in [0.4, 0.5) is 14.9 Å². The van der Waals surface area contributed by atoms with Crippen molar-refractivity contribution in [2.24, 2.45) is 0 Å². The number of carbonyl (C=O) groups excluding carboxylic acids is 2. The van der Waals surface area contributed by atoms with E-state index in [1.165, 1.54) is 31.0 Å². The third-order valence-electron chi connectivity index (χ3n) is 3.44. The minimum atomic E-state index is -0.450. The molecule has 0 heterocycles. The van der Waals surface area contributed by atoms with Gasteiger partial charge in [-0.3, -0.25) is 4.79 Å². The summed E-state index contributed by atoms with van der Waals surface area (Å²) in [7, 11) is 0. The molecular formula is C15H20FN3O2. The van der Waals surface area contributed by atoms with Gasteiger partial charge in [0.15, 0.2) is 0 Å². The molecular weight excluding hydrogens is 273 g/mol. The van der Waals surface area contributed by atoms with Gasteiger partial charge in [-0.1, -0.05) is 18.9 Å². The van der Waals surface area contributed by atoms with Crippen molar-refractivity contribution < 1.29 is 14.0 Å². The third-order valence-corrected chi connectivity index (χ3v) is 3.44. The molecule has 1 aliphatic rings. The number of halogens is 1. The van der Waals surface area contributed by atoms with Crippen LogP contribution in [0.15, 0.2) is 24.3 Å². The zero-order chi connectivity index (χ0) is 15.1. The smallest absolute Gasteiger partial charge is 0.319 e. The van der Waals surface area contributed by atoms with Crippen LogP contribution in [0.25, 0.3) is 0 Å². The van der Waals surface area contributed by atoms with Gasteiger partial charge in [0.2, 0.25) is 5.91 Å². The van der Waals surface area contributed by atoms with Gasteiger partial charge in [-0.05, 0) is 31.0 Å². The lowest BCUT2D eigenvalue weighted by atomic mass is 10.2. The summed E-state index contributed by atoms with van der Waals surface area (Å²) in [6.07, 6.45) is 4.66. The number of carbonyl (C=O) groups is 2. The highest BCUT2D eigenvalue weighted by atomic mass is 19.1. The fraction of sp³-hybridized carbons (Fsp3) is 0.467. The average Bonchev–Trinajstić information content (AvgIpc) is 2.91. The largest absolute Gasteiger partial charge is 0.353 e. The molecule has 0 spiro atoms. The van der Waals surface area contributed by atoms with Gasteiger partial charge in [0.1, 0.15) is 5.82 Å². The number of hydrogen-bond donors (Lipinski definition) is 3. The van der Waals surface area contributed by atoms with Gasteiger partial charge in [0.05, 0.1) is 0 Å². The van der Waals surface area contributed by atoms with Crippen molar-refractivity contribution in [2.75, 3.05) is 11.9 Å². The summed E-state index contributed by atoms with van der Waals surface area (Å²) in [6, 6.07) is 5.48. The molecule has 0 saturated heterocycles. The third kappa shape index (κ3) is 5.41. The van der Waals surface area contributed by atoms with E-state index >= 15 is 0 Å². The Morgan fingerprint density at radius 3 is 2.71 bits per heavy atom. The molecule has 114 valence electrons. The Bertz CT molecular complexity index is 501. The van der Waals surface area contributed by atoms with Crippen molar-refractivity contribution in [3.05, 3.63) is 30.1 Å². The second-order valence-corrected chi connectivity index (χ2v) is 5.19. The highest BCUT2D eigenvalue weighted by Gasteiger charge is 2.16. The van der Waals surface area contributed by atoms with Crippen molar-refractivity contribution in [2.45, 2.75) is 38.1 Å². The molecule has 1 aliphatic carbocycles. The van der Waals surface area contributed by atoms with E-state index in [0.717, 1.165) is 12.8 Å². The molecule has 0 radical (unpaired) electrons. The standard InChI is InChI=1S/C15H20FN3O2/c16-11-4-3-7-13(10-11)19-15(21)17-9-8-14(20)18-12-5-1-2-6-12/h3-4,7,10,12H,1-2,5-6,8-9H2,(H,18,20)(H2,17,19,21). The summed E-state index contributed by atoms with van der Waals surface area (Å²) < 4.78 is 12.9. The van der Waals surface area contributed by atoms with E-state index in [2.05, 4.69) is 16.0 Å². The summed E-state index contributed by atoms with van der Waals surface area (Å²) in [6.45, 7) is 0.250. The molecule has 1 fully saturated rings. The molecule has 1 aromatic carbocycles. The molecule has 0 atom stereocenters. The van der Waals surface area contributed by atoms with Crippen LogP contribution in [0.2, 0.25) is 0 Å². The van der Waals surface area contributed by atoms with Crippen LogP contribution in [0, 0.1) is 5.82 Å². The van der Waals surface area contributed by atoms with Crippen LogP contribution in [0.1, 0.15) is 32.1 Å². The van der Waals surface area contributed by atoms with Gasteiger partial charge in [-0.25, -0.2) is 9.18 Å². The quantitative estimate of drug-likeness (QED) is 0.780. The lowest BCUT2D eigenvalue weighted by molar-refractivity contribution is -0.121. The first kappa shape index (κ1) is 15.3. The lowest BCUT2D eigenvalue weighted by Crippen LogP contribution is -2.36. The topological polar surface area (TPSA) is 70.2 Å². The Morgan fingerprint density at radius 1 is 1.24 bits per heavy atom. The lowest BCUT2D eigenvalue weighted by Gasteiger charge is -2.12. The molecule has 0 unspecified atom stereocenters. The second-order valence-electron chi connectivity index (χ2n) is 5.19. The maximum Gasteiger partial charge on any atom is 0.319 e. The van der Waals surface area contributed by atoms with Crippen molar-refractivity contribution >= 4 is 17.6 Å². The SMILES string of the molecule is O=C(CCNC(=O)Nc1cccc(F)c1)NC1CCCC1. The second kappa shape index (κ2) is 7.61. The highest BCUT2D eigenvalue weighted by molar-refractivity contribution is 5.89. The molecule has 21 heavy (non-hydrogen) atoms. The number of amides is 3. The molecule has 2 rings (SSSR count). The summed E-state index contributed by atoms with van der Waals surface area (Å²) in [4.78, 5) is 23.2. The first-order valence-corrected chi connectivity index (χ1v) is 7.23. The van der Waals surface area contributed by atoms with Crippen LogP contribution < -0.4 is 16.0 Å². The van der Waals surface area contributed by atoms with Gasteiger partial charge in [-0.15, -0.1) is 0 Å². The summed E-state index contributed by atoms with van der Waals surface area (Å²) >= 11 is 0. The molecule has 0 aliphatic heterocycles. The van der Waals surface area contributed by atoms with Gasteiger partial charge in [0, 0.05) is 24.7 Å². The Kier molecular flexibility index (Phi) is 5.54. The van der Waals surface area contributed by atoms with Gasteiger partial charge >= 0.3 is 6.03 Å². The molecule has 1 saturated carbocycles. The van der Waals surface area contributed by atoms with E-state index in [-0.39, 0.29) is 18.9 Å². The number of benzene rings is 1. The van der Waals surface area contributed by atoms with Crippen LogP contribution >= 0.6 is 0 Å². The minimum absolute atomic E-state index is 0.0482. The summed E-state index contributed by atoms with van der Waals surface area (Å²) in [5.74, 6) is -0.461. The van der Waals surface area contributed by atoms with E-state index in [4.69, 9.17) is 0 Å². The normalized spacial score (nSPS) is 14.7. The number of anilines is 1. The maximum absolute atomic E-state index is 12.9. The van der Waals surface area contributed by atoms with Crippen molar-refractivity contribution in [1.29, 1.82) is 0 Å². The summed E-state index contributed by atoms with van der Waals surface area (Å²) in [5.41, 5.74) is 0.378. The first-order chi connectivity index (χ1) is 10.1. The number of rotatable bonds is 5. The molecule has 1 aromatic rings.